The zero-order valence-electron chi connectivity index (χ0n) is 12.3. The molecule has 3 heteroatoms. The summed E-state index contributed by atoms with van der Waals surface area (Å²) in [7, 11) is 0. The summed E-state index contributed by atoms with van der Waals surface area (Å²) in [6.07, 6.45) is 3.55. The van der Waals surface area contributed by atoms with Gasteiger partial charge < -0.3 is 9.84 Å². The van der Waals surface area contributed by atoms with Crippen molar-refractivity contribution in [1.29, 1.82) is 0 Å². The van der Waals surface area contributed by atoms with Crippen LogP contribution in [0, 0.1) is 6.92 Å². The second-order valence-corrected chi connectivity index (χ2v) is 6.34. The SMILES string of the molecule is Cc1cccc(CN2CCC3(CC2)OCCC[C@@H]3O)c1. The van der Waals surface area contributed by atoms with Crippen molar-refractivity contribution in [2.45, 2.75) is 50.9 Å². The monoisotopic (exact) mass is 275 g/mol. The summed E-state index contributed by atoms with van der Waals surface area (Å²) in [4.78, 5) is 2.48. The minimum atomic E-state index is -0.266. The lowest BCUT2D eigenvalue weighted by molar-refractivity contribution is -0.177. The van der Waals surface area contributed by atoms with Crippen molar-refractivity contribution in [1.82, 2.24) is 4.90 Å². The first-order valence-corrected chi connectivity index (χ1v) is 7.78. The number of aryl methyl sites for hydroxylation is 1. The van der Waals surface area contributed by atoms with Crippen LogP contribution < -0.4 is 0 Å². The van der Waals surface area contributed by atoms with Crippen LogP contribution in [0.15, 0.2) is 24.3 Å². The molecule has 3 rings (SSSR count). The van der Waals surface area contributed by atoms with Crippen molar-refractivity contribution in [3.63, 3.8) is 0 Å². The molecule has 2 fully saturated rings. The molecule has 1 aromatic rings. The number of ether oxygens (including phenoxy) is 1. The van der Waals surface area contributed by atoms with E-state index < -0.39 is 0 Å². The number of nitrogens with zero attached hydrogens (tertiary/aromatic N) is 1. The first-order chi connectivity index (χ1) is 9.68. The van der Waals surface area contributed by atoms with Crippen LogP contribution in [0.5, 0.6) is 0 Å². The Morgan fingerprint density at radius 3 is 2.85 bits per heavy atom. The van der Waals surface area contributed by atoms with E-state index >= 15 is 0 Å². The second kappa shape index (κ2) is 5.84. The van der Waals surface area contributed by atoms with Crippen LogP contribution in [0.4, 0.5) is 0 Å². The molecule has 2 aliphatic heterocycles. The van der Waals surface area contributed by atoms with E-state index in [-0.39, 0.29) is 11.7 Å². The number of aliphatic hydroxyl groups excluding tert-OH is 1. The molecule has 0 radical (unpaired) electrons. The Morgan fingerprint density at radius 2 is 2.15 bits per heavy atom. The highest BCUT2D eigenvalue weighted by Gasteiger charge is 2.43. The third-order valence-electron chi connectivity index (χ3n) is 4.81. The van der Waals surface area contributed by atoms with Gasteiger partial charge in [0.1, 0.15) is 0 Å². The smallest absolute Gasteiger partial charge is 0.0964 e. The molecule has 3 nitrogen and oxygen atoms in total. The summed E-state index contributed by atoms with van der Waals surface area (Å²) < 4.78 is 5.96. The zero-order valence-corrected chi connectivity index (χ0v) is 12.3. The average molecular weight is 275 g/mol. The van der Waals surface area contributed by atoms with Gasteiger partial charge in [-0.05, 0) is 38.2 Å². The van der Waals surface area contributed by atoms with Crippen molar-refractivity contribution in [3.05, 3.63) is 35.4 Å². The number of likely N-dealkylation sites (tertiary alicyclic amines) is 1. The Morgan fingerprint density at radius 1 is 1.35 bits per heavy atom. The molecule has 0 aliphatic carbocycles. The number of hydrogen-bond acceptors (Lipinski definition) is 3. The normalized spacial score (nSPS) is 26.8. The number of rotatable bonds is 2. The maximum Gasteiger partial charge on any atom is 0.0964 e. The van der Waals surface area contributed by atoms with Crippen molar-refractivity contribution in [2.24, 2.45) is 0 Å². The fraction of sp³-hybridized carbons (Fsp3) is 0.647. The van der Waals surface area contributed by atoms with Gasteiger partial charge in [0, 0.05) is 26.2 Å². The molecule has 1 spiro atoms. The van der Waals surface area contributed by atoms with Crippen LogP contribution in [-0.2, 0) is 11.3 Å². The van der Waals surface area contributed by atoms with Crippen molar-refractivity contribution in [3.8, 4) is 0 Å². The molecule has 2 saturated heterocycles. The predicted molar refractivity (Wildman–Crippen MR) is 79.6 cm³/mol. The van der Waals surface area contributed by atoms with E-state index in [1.807, 2.05) is 0 Å². The molecule has 0 amide bonds. The molecule has 0 bridgehead atoms. The van der Waals surface area contributed by atoms with Crippen LogP contribution in [0.2, 0.25) is 0 Å². The fourth-order valence-corrected chi connectivity index (χ4v) is 3.55. The number of piperidine rings is 1. The van der Waals surface area contributed by atoms with E-state index in [0.717, 1.165) is 51.9 Å². The third-order valence-corrected chi connectivity index (χ3v) is 4.81. The van der Waals surface area contributed by atoms with Crippen LogP contribution in [0.25, 0.3) is 0 Å². The van der Waals surface area contributed by atoms with Gasteiger partial charge >= 0.3 is 0 Å². The summed E-state index contributed by atoms with van der Waals surface area (Å²) in [5, 5.41) is 10.3. The summed E-state index contributed by atoms with van der Waals surface area (Å²) in [5.41, 5.74) is 2.45. The van der Waals surface area contributed by atoms with E-state index in [1.165, 1.54) is 11.1 Å². The lowest BCUT2D eigenvalue weighted by Crippen LogP contribution is -2.55. The Kier molecular flexibility index (Phi) is 4.11. The molecule has 0 aromatic heterocycles. The Bertz CT molecular complexity index is 452. The summed E-state index contributed by atoms with van der Waals surface area (Å²) in [6.45, 7) is 6.00. The Hall–Kier alpha value is -0.900. The molecule has 1 N–H and O–H groups in total. The highest BCUT2D eigenvalue weighted by molar-refractivity contribution is 5.22. The van der Waals surface area contributed by atoms with Crippen LogP contribution >= 0.6 is 0 Å². The van der Waals surface area contributed by atoms with Gasteiger partial charge in [0.25, 0.3) is 0 Å². The van der Waals surface area contributed by atoms with E-state index in [0.29, 0.717) is 0 Å². The Balaban J connectivity index is 1.58. The third kappa shape index (κ3) is 2.90. The quantitative estimate of drug-likeness (QED) is 0.900. The maximum atomic E-state index is 10.3. The van der Waals surface area contributed by atoms with Gasteiger partial charge in [-0.3, -0.25) is 4.90 Å². The van der Waals surface area contributed by atoms with Gasteiger partial charge in [-0.2, -0.15) is 0 Å². The van der Waals surface area contributed by atoms with E-state index in [9.17, 15) is 5.11 Å². The van der Waals surface area contributed by atoms with Gasteiger partial charge in [-0.1, -0.05) is 29.8 Å². The molecule has 0 saturated carbocycles. The van der Waals surface area contributed by atoms with Crippen LogP contribution in [0.1, 0.15) is 36.8 Å². The van der Waals surface area contributed by atoms with E-state index in [2.05, 4.69) is 36.1 Å². The van der Waals surface area contributed by atoms with Gasteiger partial charge in [0.2, 0.25) is 0 Å². The van der Waals surface area contributed by atoms with E-state index in [4.69, 9.17) is 4.74 Å². The number of benzene rings is 1. The summed E-state index contributed by atoms with van der Waals surface area (Å²) in [5.74, 6) is 0. The lowest BCUT2D eigenvalue weighted by atomic mass is 9.82. The predicted octanol–water partition coefficient (Wildman–Crippen LogP) is 2.50. The highest BCUT2D eigenvalue weighted by Crippen LogP contribution is 2.35. The maximum absolute atomic E-state index is 10.3. The molecule has 2 aliphatic rings. The number of aliphatic hydroxyl groups is 1. The fourth-order valence-electron chi connectivity index (χ4n) is 3.55. The van der Waals surface area contributed by atoms with Crippen LogP contribution in [-0.4, -0.2) is 41.4 Å². The van der Waals surface area contributed by atoms with Gasteiger partial charge in [0.05, 0.1) is 11.7 Å². The standard InChI is InChI=1S/C17H25NO2/c1-14-4-2-5-15(12-14)13-18-9-7-17(8-10-18)16(19)6-3-11-20-17/h2,4-5,12,16,19H,3,6-11,13H2,1H3/t16-/m0/s1. The van der Waals surface area contributed by atoms with Gasteiger partial charge in [-0.15, -0.1) is 0 Å². The average Bonchev–Trinajstić information content (AvgIpc) is 2.45. The van der Waals surface area contributed by atoms with Crippen molar-refractivity contribution < 1.29 is 9.84 Å². The first-order valence-electron chi connectivity index (χ1n) is 7.78. The molecule has 2 heterocycles. The highest BCUT2D eigenvalue weighted by atomic mass is 16.5. The summed E-state index contributed by atoms with van der Waals surface area (Å²) in [6, 6.07) is 8.73. The lowest BCUT2D eigenvalue weighted by Gasteiger charge is -2.46. The largest absolute Gasteiger partial charge is 0.390 e. The van der Waals surface area contributed by atoms with Crippen LogP contribution in [0.3, 0.4) is 0 Å². The van der Waals surface area contributed by atoms with Gasteiger partial charge in [0.15, 0.2) is 0 Å². The minimum absolute atomic E-state index is 0.249. The molecular weight excluding hydrogens is 250 g/mol. The molecule has 0 unspecified atom stereocenters. The Labute approximate surface area is 121 Å². The molecule has 1 aromatic carbocycles. The molecular formula is C17H25NO2. The summed E-state index contributed by atoms with van der Waals surface area (Å²) >= 11 is 0. The first kappa shape index (κ1) is 14.1. The molecule has 20 heavy (non-hydrogen) atoms. The van der Waals surface area contributed by atoms with Crippen molar-refractivity contribution in [2.75, 3.05) is 19.7 Å². The molecule has 1 atom stereocenters. The van der Waals surface area contributed by atoms with Gasteiger partial charge in [-0.25, -0.2) is 0 Å². The van der Waals surface area contributed by atoms with Crippen molar-refractivity contribution >= 4 is 0 Å². The molecule has 110 valence electrons. The second-order valence-electron chi connectivity index (χ2n) is 6.34. The topological polar surface area (TPSA) is 32.7 Å². The number of hydrogen-bond donors (Lipinski definition) is 1. The zero-order chi connectivity index (χ0) is 14.0. The minimum Gasteiger partial charge on any atom is -0.390 e. The van der Waals surface area contributed by atoms with E-state index in [1.54, 1.807) is 0 Å².